The summed E-state index contributed by atoms with van der Waals surface area (Å²) in [6.07, 6.45) is -1.96. The van der Waals surface area contributed by atoms with Crippen molar-refractivity contribution in [2.24, 2.45) is 5.92 Å². The van der Waals surface area contributed by atoms with Crippen LogP contribution in [0.5, 0.6) is 0 Å². The molecule has 0 aromatic heterocycles. The molecule has 0 unspecified atom stereocenters. The molecular weight excluding hydrogens is 376 g/mol. The largest absolute Gasteiger partial charge is 0.481 e. The topological polar surface area (TPSA) is 244 Å². The van der Waals surface area contributed by atoms with Gasteiger partial charge in [-0.3, -0.25) is 14.4 Å². The predicted octanol–water partition coefficient (Wildman–Crippen LogP) is -1.06. The summed E-state index contributed by atoms with van der Waals surface area (Å²) in [4.78, 5) is 62.0. The van der Waals surface area contributed by atoms with Crippen LogP contribution in [0.15, 0.2) is 11.1 Å². The SMILES string of the molecule is C/C(C(=O)O)=C(\CC(=O)O)C(=O)O.C[C@H](C(=O)O)[C@@](O)(CC(=O)O)C(=O)O. The lowest BCUT2D eigenvalue weighted by molar-refractivity contribution is -0.177. The Kier molecular flexibility index (Phi) is 10.0. The van der Waals surface area contributed by atoms with Gasteiger partial charge in [0.1, 0.15) is 0 Å². The quantitative estimate of drug-likeness (QED) is 0.231. The Balaban J connectivity index is 0. The van der Waals surface area contributed by atoms with Crippen molar-refractivity contribution in [2.75, 3.05) is 0 Å². The molecule has 13 nitrogen and oxygen atoms in total. The highest BCUT2D eigenvalue weighted by Gasteiger charge is 2.47. The number of hydrogen-bond donors (Lipinski definition) is 7. The third kappa shape index (κ3) is 8.44. The molecule has 0 aliphatic rings. The summed E-state index contributed by atoms with van der Waals surface area (Å²) in [5.41, 5.74) is -3.85. The van der Waals surface area contributed by atoms with Gasteiger partial charge in [0.05, 0.1) is 24.3 Å². The Bertz CT molecular complexity index is 674. The van der Waals surface area contributed by atoms with E-state index in [4.69, 9.17) is 30.6 Å². The van der Waals surface area contributed by atoms with Crippen LogP contribution in [0.1, 0.15) is 26.7 Å². The van der Waals surface area contributed by atoms with Crippen LogP contribution in [0.3, 0.4) is 0 Å². The molecule has 0 heterocycles. The van der Waals surface area contributed by atoms with Gasteiger partial charge in [-0.1, -0.05) is 0 Å². The van der Waals surface area contributed by atoms with Gasteiger partial charge in [-0.2, -0.15) is 0 Å². The lowest BCUT2D eigenvalue weighted by Gasteiger charge is -2.25. The minimum Gasteiger partial charge on any atom is -0.481 e. The highest BCUT2D eigenvalue weighted by atomic mass is 16.4. The maximum atomic E-state index is 10.5. The van der Waals surface area contributed by atoms with Gasteiger partial charge < -0.3 is 35.7 Å². The zero-order valence-electron chi connectivity index (χ0n) is 14.1. The second kappa shape index (κ2) is 10.5. The Labute approximate surface area is 150 Å². The third-order valence-electron chi connectivity index (χ3n) is 3.24. The van der Waals surface area contributed by atoms with E-state index >= 15 is 0 Å². The monoisotopic (exact) mass is 394 g/mol. The maximum absolute atomic E-state index is 10.5. The molecule has 2 atom stereocenters. The molecule has 0 radical (unpaired) electrons. The van der Waals surface area contributed by atoms with E-state index in [0.29, 0.717) is 0 Å². The summed E-state index contributed by atoms with van der Waals surface area (Å²) in [5, 5.41) is 59.8. The second-order valence-electron chi connectivity index (χ2n) is 5.14. The van der Waals surface area contributed by atoms with Crippen molar-refractivity contribution in [1.29, 1.82) is 0 Å². The van der Waals surface area contributed by atoms with E-state index in [1.54, 1.807) is 0 Å². The summed E-state index contributed by atoms with van der Waals surface area (Å²) in [6, 6.07) is 0. The number of aliphatic hydroxyl groups is 1. The van der Waals surface area contributed by atoms with Crippen molar-refractivity contribution >= 4 is 35.8 Å². The fourth-order valence-corrected chi connectivity index (χ4v) is 1.50. The standard InChI is InChI=1S/C7H10O7.C7H8O6/c1-3(5(10)11)7(14,6(12)13)2-4(8)9;1-3(6(10)11)4(7(12)13)2-5(8)9/h3,14H,2H2,1H3,(H,8,9)(H,10,11)(H,12,13);2H2,1H3,(H,8,9)(H,10,11)(H,12,13)/b;4-3-/t3-,7+;/m1./s1. The normalized spacial score (nSPS) is 14.3. The highest BCUT2D eigenvalue weighted by Crippen LogP contribution is 2.22. The minimum absolute atomic E-state index is 0.463. The first kappa shape index (κ1) is 25.8. The second-order valence-corrected chi connectivity index (χ2v) is 5.14. The van der Waals surface area contributed by atoms with E-state index in [1.165, 1.54) is 0 Å². The van der Waals surface area contributed by atoms with Gasteiger partial charge in [-0.15, -0.1) is 0 Å². The first-order chi connectivity index (χ1) is 12.1. The van der Waals surface area contributed by atoms with Crippen LogP contribution in [0.4, 0.5) is 0 Å². The molecule has 0 aliphatic heterocycles. The van der Waals surface area contributed by atoms with Crippen molar-refractivity contribution in [3.05, 3.63) is 11.1 Å². The Morgan fingerprint density at radius 1 is 0.815 bits per heavy atom. The zero-order chi connectivity index (χ0) is 22.1. The van der Waals surface area contributed by atoms with Crippen LogP contribution in [0.2, 0.25) is 0 Å². The first-order valence-corrected chi connectivity index (χ1v) is 6.86. The molecule has 0 saturated heterocycles. The van der Waals surface area contributed by atoms with Gasteiger partial charge in [0.15, 0.2) is 5.60 Å². The number of aliphatic carboxylic acids is 6. The van der Waals surface area contributed by atoms with E-state index in [2.05, 4.69) is 0 Å². The molecule has 0 spiro atoms. The highest BCUT2D eigenvalue weighted by molar-refractivity contribution is 6.01. The van der Waals surface area contributed by atoms with Crippen molar-refractivity contribution in [2.45, 2.75) is 32.3 Å². The predicted molar refractivity (Wildman–Crippen MR) is 81.9 cm³/mol. The van der Waals surface area contributed by atoms with E-state index < -0.39 is 71.3 Å². The number of carboxylic acid groups (broad SMARTS) is 6. The van der Waals surface area contributed by atoms with Gasteiger partial charge in [0.2, 0.25) is 0 Å². The number of carbonyl (C=O) groups is 6. The van der Waals surface area contributed by atoms with Crippen molar-refractivity contribution in [1.82, 2.24) is 0 Å². The first-order valence-electron chi connectivity index (χ1n) is 6.86. The lowest BCUT2D eigenvalue weighted by atomic mass is 9.86. The Hall–Kier alpha value is -3.48. The van der Waals surface area contributed by atoms with Crippen molar-refractivity contribution in [3.63, 3.8) is 0 Å². The third-order valence-corrected chi connectivity index (χ3v) is 3.24. The fourth-order valence-electron chi connectivity index (χ4n) is 1.50. The fraction of sp³-hybridized carbons (Fsp3) is 0.429. The molecule has 7 N–H and O–H groups in total. The Morgan fingerprint density at radius 2 is 1.26 bits per heavy atom. The zero-order valence-corrected chi connectivity index (χ0v) is 14.1. The average molecular weight is 394 g/mol. The maximum Gasteiger partial charge on any atom is 0.337 e. The summed E-state index contributed by atoms with van der Waals surface area (Å²) >= 11 is 0. The van der Waals surface area contributed by atoms with Crippen LogP contribution < -0.4 is 0 Å². The van der Waals surface area contributed by atoms with E-state index in [9.17, 15) is 33.9 Å². The van der Waals surface area contributed by atoms with E-state index in [0.717, 1.165) is 13.8 Å². The number of carboxylic acids is 6. The molecule has 0 bridgehead atoms. The van der Waals surface area contributed by atoms with Gasteiger partial charge in [-0.25, -0.2) is 14.4 Å². The molecule has 27 heavy (non-hydrogen) atoms. The molecule has 0 aromatic rings. The van der Waals surface area contributed by atoms with Gasteiger partial charge in [0.25, 0.3) is 0 Å². The van der Waals surface area contributed by atoms with Crippen LogP contribution in [0.25, 0.3) is 0 Å². The minimum atomic E-state index is -2.78. The van der Waals surface area contributed by atoms with Crippen LogP contribution in [0, 0.1) is 5.92 Å². The molecule has 0 fully saturated rings. The smallest absolute Gasteiger partial charge is 0.337 e. The van der Waals surface area contributed by atoms with E-state index in [1.807, 2.05) is 0 Å². The molecule has 152 valence electrons. The number of rotatable bonds is 9. The Morgan fingerprint density at radius 3 is 1.48 bits per heavy atom. The molecule has 0 aliphatic carbocycles. The molecule has 0 amide bonds. The summed E-state index contributed by atoms with van der Waals surface area (Å²) in [6.45, 7) is 1.98. The van der Waals surface area contributed by atoms with Crippen molar-refractivity contribution < 1.29 is 64.5 Å². The molecular formula is C14H18O13. The lowest BCUT2D eigenvalue weighted by Crippen LogP contribution is -2.49. The summed E-state index contributed by atoms with van der Waals surface area (Å²) in [5.74, 6) is -11.1. The molecule has 0 aromatic carbocycles. The van der Waals surface area contributed by atoms with Gasteiger partial charge >= 0.3 is 35.8 Å². The van der Waals surface area contributed by atoms with Crippen LogP contribution in [-0.4, -0.2) is 77.2 Å². The van der Waals surface area contributed by atoms with Crippen LogP contribution in [-0.2, 0) is 28.8 Å². The van der Waals surface area contributed by atoms with Gasteiger partial charge in [-0.05, 0) is 13.8 Å². The van der Waals surface area contributed by atoms with Crippen LogP contribution >= 0.6 is 0 Å². The molecule has 0 saturated carbocycles. The molecule has 0 rings (SSSR count). The summed E-state index contributed by atoms with van der Waals surface area (Å²) < 4.78 is 0. The average Bonchev–Trinajstić information content (AvgIpc) is 2.50. The van der Waals surface area contributed by atoms with Gasteiger partial charge in [0, 0.05) is 5.57 Å². The summed E-state index contributed by atoms with van der Waals surface area (Å²) in [7, 11) is 0. The molecule has 13 heteroatoms. The number of hydrogen-bond acceptors (Lipinski definition) is 7. The van der Waals surface area contributed by atoms with Crippen molar-refractivity contribution in [3.8, 4) is 0 Å². The van der Waals surface area contributed by atoms with E-state index in [-0.39, 0.29) is 0 Å².